The van der Waals surface area contributed by atoms with Crippen LogP contribution in [0.2, 0.25) is 5.02 Å². The van der Waals surface area contributed by atoms with Crippen LogP contribution in [0, 0.1) is 0 Å². The van der Waals surface area contributed by atoms with Crippen molar-refractivity contribution < 1.29 is 42.9 Å². The van der Waals surface area contributed by atoms with Crippen molar-refractivity contribution in [3.63, 3.8) is 0 Å². The van der Waals surface area contributed by atoms with Crippen LogP contribution in [0.1, 0.15) is 39.6 Å². The highest BCUT2D eigenvalue weighted by atomic mass is 35.5. The minimum atomic E-state index is -4.07. The number of phenols is 2. The van der Waals surface area contributed by atoms with Crippen molar-refractivity contribution >= 4 is 51.2 Å². The number of carbonyl (C=O) groups is 4. The average Bonchev–Trinajstić information content (AvgIpc) is 3.00. The molecule has 2 amide bonds. The van der Waals surface area contributed by atoms with Gasteiger partial charge in [-0.3, -0.25) is 19.4 Å². The first kappa shape index (κ1) is 27.1. The fourth-order valence-corrected chi connectivity index (χ4v) is 6.90. The molecule has 200 valence electrons. The number of β-lactam (4-membered cyclic amide) rings is 1. The normalized spacial score (nSPS) is 23.6. The van der Waals surface area contributed by atoms with Crippen LogP contribution in [-0.4, -0.2) is 81.1 Å². The van der Waals surface area contributed by atoms with E-state index in [9.17, 15) is 42.9 Å². The van der Waals surface area contributed by atoms with Crippen LogP contribution in [0.5, 0.6) is 11.5 Å². The number of hydrogen-bond donors (Lipinski definition) is 4. The van der Waals surface area contributed by atoms with E-state index in [0.29, 0.717) is 5.56 Å². The van der Waals surface area contributed by atoms with Gasteiger partial charge in [0.15, 0.2) is 33.2 Å². The van der Waals surface area contributed by atoms with Crippen LogP contribution in [-0.2, 0) is 26.0 Å². The summed E-state index contributed by atoms with van der Waals surface area (Å²) in [5.74, 6) is -4.18. The maximum Gasteiger partial charge on any atom is 0.328 e. The molecular formula is C24H22ClN3O9S. The third-order valence-corrected chi connectivity index (χ3v) is 9.67. The zero-order valence-corrected chi connectivity index (χ0v) is 21.4. The van der Waals surface area contributed by atoms with Gasteiger partial charge in [0.05, 0.1) is 17.0 Å². The highest BCUT2D eigenvalue weighted by Gasteiger charge is 2.69. The van der Waals surface area contributed by atoms with Gasteiger partial charge in [0.2, 0.25) is 5.91 Å². The SMILES string of the molecule is C[C@]1(C=NCC(=O)c2ccc(CNC(=O)c3ccc(O)c(O)c3Cl)cc2)[C@H](C(=O)O)N2C(=O)C[C@H]2S1(=O)=O. The van der Waals surface area contributed by atoms with Gasteiger partial charge in [-0.15, -0.1) is 0 Å². The van der Waals surface area contributed by atoms with Crippen molar-refractivity contribution in [1.82, 2.24) is 10.2 Å². The third kappa shape index (κ3) is 4.37. The van der Waals surface area contributed by atoms with Crippen LogP contribution in [0.15, 0.2) is 41.4 Å². The number of nitrogens with zero attached hydrogens (tertiary/aromatic N) is 2. The fraction of sp³-hybridized carbons (Fsp3) is 0.292. The standard InChI is InChI=1S/C24H22ClN3O9S/c1-24(21(23(34)35)28-17(31)8-18(28)38(24,36)37)11-26-10-16(30)13-4-2-12(3-5-13)9-27-22(33)14-6-7-15(29)20(32)19(14)25/h2-7,11,18,21,29,32H,8-10H2,1H3,(H,27,33)(H,34,35)/t18-,21+,24+/m1/s1. The van der Waals surface area contributed by atoms with Gasteiger partial charge in [0.25, 0.3) is 5.91 Å². The van der Waals surface area contributed by atoms with E-state index in [1.807, 2.05) is 0 Å². The number of carboxylic acids is 1. The second-order valence-electron chi connectivity index (χ2n) is 9.00. The molecule has 0 saturated carbocycles. The molecular weight excluding hydrogens is 542 g/mol. The van der Waals surface area contributed by atoms with Gasteiger partial charge in [-0.1, -0.05) is 35.9 Å². The Hall–Kier alpha value is -3.97. The summed E-state index contributed by atoms with van der Waals surface area (Å²) in [5.41, 5.74) is 0.835. The number of fused-ring (bicyclic) bond motifs is 1. The predicted molar refractivity (Wildman–Crippen MR) is 134 cm³/mol. The molecule has 0 spiro atoms. The lowest BCUT2D eigenvalue weighted by Gasteiger charge is -2.35. The molecule has 3 atom stereocenters. The monoisotopic (exact) mass is 563 g/mol. The molecule has 0 bridgehead atoms. The van der Waals surface area contributed by atoms with Gasteiger partial charge in [-0.2, -0.15) is 0 Å². The number of benzene rings is 2. The lowest BCUT2D eigenvalue weighted by atomic mass is 9.97. The Labute approximate surface area is 221 Å². The van der Waals surface area contributed by atoms with Gasteiger partial charge in [-0.25, -0.2) is 13.2 Å². The zero-order chi connectivity index (χ0) is 28.0. The summed E-state index contributed by atoms with van der Waals surface area (Å²) < 4.78 is 23.8. The molecule has 2 aliphatic heterocycles. The maximum atomic E-state index is 12.9. The summed E-state index contributed by atoms with van der Waals surface area (Å²) in [6.45, 7) is 0.790. The van der Waals surface area contributed by atoms with Crippen LogP contribution in [0.4, 0.5) is 0 Å². The molecule has 14 heteroatoms. The minimum absolute atomic E-state index is 0.0380. The van der Waals surface area contributed by atoms with Crippen molar-refractivity contribution in [2.24, 2.45) is 4.99 Å². The molecule has 2 saturated heterocycles. The molecule has 4 rings (SSSR count). The molecule has 12 nitrogen and oxygen atoms in total. The Bertz CT molecular complexity index is 1490. The largest absolute Gasteiger partial charge is 0.504 e. The Kier molecular flexibility index (Phi) is 6.93. The number of Topliss-reactive ketones (excluding diaryl/α,β-unsaturated/α-hetero) is 1. The van der Waals surface area contributed by atoms with Gasteiger partial charge in [-0.05, 0) is 24.6 Å². The number of sulfone groups is 1. The molecule has 4 N–H and O–H groups in total. The number of aliphatic carboxylic acids is 1. The van der Waals surface area contributed by atoms with Gasteiger partial charge >= 0.3 is 5.97 Å². The first-order valence-corrected chi connectivity index (χ1v) is 13.1. The van der Waals surface area contributed by atoms with Crippen LogP contribution in [0.3, 0.4) is 0 Å². The molecule has 0 aromatic heterocycles. The van der Waals surface area contributed by atoms with E-state index in [0.717, 1.165) is 17.2 Å². The summed E-state index contributed by atoms with van der Waals surface area (Å²) in [5, 5.41) is 29.8. The third-order valence-electron chi connectivity index (χ3n) is 6.62. The number of carboxylic acid groups (broad SMARTS) is 1. The number of aromatic hydroxyl groups is 2. The van der Waals surface area contributed by atoms with Gasteiger partial charge in [0.1, 0.15) is 16.7 Å². The summed E-state index contributed by atoms with van der Waals surface area (Å²) in [6, 6.07) is 6.87. The number of carbonyl (C=O) groups excluding carboxylic acids is 3. The van der Waals surface area contributed by atoms with E-state index in [1.165, 1.54) is 25.1 Å². The highest BCUT2D eigenvalue weighted by Crippen LogP contribution is 2.45. The van der Waals surface area contributed by atoms with Crippen molar-refractivity contribution in [2.45, 2.75) is 36.1 Å². The lowest BCUT2D eigenvalue weighted by molar-refractivity contribution is -0.156. The number of aliphatic imine (C=N–C) groups is 1. The van der Waals surface area contributed by atoms with Crippen molar-refractivity contribution in [2.75, 3.05) is 6.54 Å². The summed E-state index contributed by atoms with van der Waals surface area (Å²) in [7, 11) is -4.07. The molecule has 38 heavy (non-hydrogen) atoms. The molecule has 2 fully saturated rings. The van der Waals surface area contributed by atoms with E-state index < -0.39 is 67.6 Å². The number of rotatable bonds is 8. The minimum Gasteiger partial charge on any atom is -0.504 e. The fourth-order valence-electron chi connectivity index (χ4n) is 4.42. The first-order chi connectivity index (χ1) is 17.8. The summed E-state index contributed by atoms with van der Waals surface area (Å²) in [6.07, 6.45) is 0.645. The summed E-state index contributed by atoms with van der Waals surface area (Å²) >= 11 is 5.89. The zero-order valence-electron chi connectivity index (χ0n) is 19.8. The van der Waals surface area contributed by atoms with Gasteiger partial charge in [0, 0.05) is 18.3 Å². The van der Waals surface area contributed by atoms with E-state index in [4.69, 9.17) is 11.6 Å². The highest BCUT2D eigenvalue weighted by molar-refractivity contribution is 7.94. The van der Waals surface area contributed by atoms with E-state index in [1.54, 1.807) is 12.1 Å². The molecule has 0 unspecified atom stereocenters. The van der Waals surface area contributed by atoms with E-state index in [-0.39, 0.29) is 29.1 Å². The molecule has 0 radical (unpaired) electrons. The maximum absolute atomic E-state index is 12.9. The predicted octanol–water partition coefficient (Wildman–Crippen LogP) is 1.13. The van der Waals surface area contributed by atoms with Crippen molar-refractivity contribution in [3.8, 4) is 11.5 Å². The quantitative estimate of drug-likeness (QED) is 0.158. The second kappa shape index (κ2) is 9.72. The molecule has 2 aromatic carbocycles. The number of ketones is 1. The average molecular weight is 564 g/mol. The Morgan fingerprint density at radius 2 is 1.84 bits per heavy atom. The topological polar surface area (TPSA) is 191 Å². The van der Waals surface area contributed by atoms with Crippen molar-refractivity contribution in [3.05, 3.63) is 58.1 Å². The molecule has 2 aliphatic rings. The lowest BCUT2D eigenvalue weighted by Crippen LogP contribution is -2.57. The number of nitrogens with one attached hydrogen (secondary N) is 1. The Morgan fingerprint density at radius 3 is 2.45 bits per heavy atom. The Balaban J connectivity index is 1.39. The Morgan fingerprint density at radius 1 is 1.18 bits per heavy atom. The molecule has 2 aromatic rings. The van der Waals surface area contributed by atoms with Crippen LogP contribution < -0.4 is 5.32 Å². The number of halogens is 1. The number of amides is 2. The van der Waals surface area contributed by atoms with Crippen LogP contribution >= 0.6 is 11.6 Å². The molecule has 0 aliphatic carbocycles. The van der Waals surface area contributed by atoms with Gasteiger partial charge < -0.3 is 25.5 Å². The number of phenolic OH excluding ortho intramolecular Hbond substituents is 2. The summed E-state index contributed by atoms with van der Waals surface area (Å²) in [4.78, 5) is 53.3. The van der Waals surface area contributed by atoms with Crippen molar-refractivity contribution in [1.29, 1.82) is 0 Å². The van der Waals surface area contributed by atoms with E-state index in [2.05, 4.69) is 10.3 Å². The smallest absolute Gasteiger partial charge is 0.328 e. The van der Waals surface area contributed by atoms with Crippen LogP contribution in [0.25, 0.3) is 0 Å². The first-order valence-electron chi connectivity index (χ1n) is 11.2. The second-order valence-corrected chi connectivity index (χ2v) is 11.9. The van der Waals surface area contributed by atoms with E-state index >= 15 is 0 Å². The molecule has 2 heterocycles. The number of hydrogen-bond acceptors (Lipinski definition) is 9.